The van der Waals surface area contributed by atoms with Crippen LogP contribution in [0.2, 0.25) is 5.02 Å². The van der Waals surface area contributed by atoms with Crippen LogP contribution in [0.25, 0.3) is 0 Å². The molecular formula is C16H20ClN3O3S. The van der Waals surface area contributed by atoms with E-state index in [1.807, 2.05) is 0 Å². The number of hydrogen-bond acceptors (Lipinski definition) is 6. The summed E-state index contributed by atoms with van der Waals surface area (Å²) in [7, 11) is 2.98. The van der Waals surface area contributed by atoms with Crippen LogP contribution in [0.3, 0.4) is 0 Å². The Hall–Kier alpha value is -1.86. The molecule has 0 unspecified atom stereocenters. The van der Waals surface area contributed by atoms with E-state index in [0.717, 1.165) is 30.7 Å². The number of aromatic nitrogens is 2. The second kappa shape index (κ2) is 8.84. The fraction of sp³-hybridized carbons (Fsp3) is 0.438. The molecule has 2 rings (SSSR count). The molecule has 8 heteroatoms. The topological polar surface area (TPSA) is 73.3 Å². The van der Waals surface area contributed by atoms with Crippen LogP contribution in [0.4, 0.5) is 5.13 Å². The summed E-state index contributed by atoms with van der Waals surface area (Å²) in [6.45, 7) is 2.15. The van der Waals surface area contributed by atoms with Crippen LogP contribution >= 0.6 is 22.9 Å². The smallest absolute Gasteiger partial charge is 0.257 e. The molecule has 2 aromatic rings. The number of amides is 1. The summed E-state index contributed by atoms with van der Waals surface area (Å²) in [5.74, 6) is 0.464. The highest BCUT2D eigenvalue weighted by molar-refractivity contribution is 7.15. The lowest BCUT2D eigenvalue weighted by Crippen LogP contribution is -2.12. The summed E-state index contributed by atoms with van der Waals surface area (Å²) in [4.78, 5) is 12.4. The number of carbonyl (C=O) groups is 1. The van der Waals surface area contributed by atoms with Crippen LogP contribution in [-0.4, -0.2) is 30.3 Å². The molecule has 0 bridgehead atoms. The van der Waals surface area contributed by atoms with Gasteiger partial charge in [-0.3, -0.25) is 10.1 Å². The lowest BCUT2D eigenvalue weighted by atomic mass is 10.2. The molecule has 0 radical (unpaired) electrons. The highest BCUT2D eigenvalue weighted by Gasteiger charge is 2.16. The van der Waals surface area contributed by atoms with Crippen LogP contribution in [0.15, 0.2) is 12.1 Å². The van der Waals surface area contributed by atoms with E-state index in [-0.39, 0.29) is 5.91 Å². The number of carbonyl (C=O) groups excluding carboxylic acids is 1. The van der Waals surface area contributed by atoms with Gasteiger partial charge in [0.25, 0.3) is 5.91 Å². The van der Waals surface area contributed by atoms with Gasteiger partial charge in [-0.2, -0.15) is 0 Å². The number of methoxy groups -OCH3 is 2. The van der Waals surface area contributed by atoms with Gasteiger partial charge >= 0.3 is 0 Å². The number of nitrogens with zero attached hydrogens (tertiary/aromatic N) is 2. The summed E-state index contributed by atoms with van der Waals surface area (Å²) < 4.78 is 10.4. The molecule has 0 saturated carbocycles. The first-order valence-electron chi connectivity index (χ1n) is 7.64. The zero-order valence-electron chi connectivity index (χ0n) is 13.9. The molecule has 0 fully saturated rings. The third kappa shape index (κ3) is 4.58. The molecule has 1 N–H and O–H groups in total. The van der Waals surface area contributed by atoms with Crippen molar-refractivity contribution in [3.05, 3.63) is 27.7 Å². The van der Waals surface area contributed by atoms with E-state index >= 15 is 0 Å². The van der Waals surface area contributed by atoms with Crippen molar-refractivity contribution in [2.45, 2.75) is 32.6 Å². The molecule has 1 aromatic heterocycles. The monoisotopic (exact) mass is 369 g/mol. The molecule has 24 heavy (non-hydrogen) atoms. The van der Waals surface area contributed by atoms with Gasteiger partial charge in [0.1, 0.15) is 5.01 Å². The Kier molecular flexibility index (Phi) is 6.81. The number of aryl methyl sites for hydroxylation is 1. The van der Waals surface area contributed by atoms with E-state index in [1.54, 1.807) is 6.07 Å². The van der Waals surface area contributed by atoms with E-state index in [9.17, 15) is 4.79 Å². The highest BCUT2D eigenvalue weighted by atomic mass is 35.5. The lowest BCUT2D eigenvalue weighted by molar-refractivity contribution is 0.102. The zero-order valence-corrected chi connectivity index (χ0v) is 15.5. The quantitative estimate of drug-likeness (QED) is 0.706. The van der Waals surface area contributed by atoms with Crippen molar-refractivity contribution in [1.82, 2.24) is 10.2 Å². The van der Waals surface area contributed by atoms with Crippen LogP contribution in [0, 0.1) is 0 Å². The van der Waals surface area contributed by atoms with Gasteiger partial charge in [0, 0.05) is 12.0 Å². The molecular weight excluding hydrogens is 350 g/mol. The molecule has 1 heterocycles. The van der Waals surface area contributed by atoms with Crippen molar-refractivity contribution in [1.29, 1.82) is 0 Å². The fourth-order valence-corrected chi connectivity index (χ4v) is 3.21. The number of anilines is 1. The minimum atomic E-state index is -0.325. The first kappa shape index (κ1) is 18.5. The van der Waals surface area contributed by atoms with Crippen molar-refractivity contribution < 1.29 is 14.3 Å². The van der Waals surface area contributed by atoms with Crippen molar-refractivity contribution in [2.75, 3.05) is 19.5 Å². The predicted octanol–water partition coefficient (Wildman–Crippen LogP) is 4.19. The number of benzene rings is 1. The average molecular weight is 370 g/mol. The minimum absolute atomic E-state index is 0.305. The maximum absolute atomic E-state index is 12.4. The van der Waals surface area contributed by atoms with Gasteiger partial charge in [0.2, 0.25) is 5.13 Å². The zero-order chi connectivity index (χ0) is 17.5. The number of unbranched alkanes of at least 4 members (excludes halogenated alkanes) is 2. The Bertz CT molecular complexity index is 706. The van der Waals surface area contributed by atoms with Crippen molar-refractivity contribution in [2.24, 2.45) is 0 Å². The lowest BCUT2D eigenvalue weighted by Gasteiger charge is -2.11. The van der Waals surface area contributed by atoms with Gasteiger partial charge in [-0.05, 0) is 18.6 Å². The van der Waals surface area contributed by atoms with E-state index in [1.165, 1.54) is 31.6 Å². The predicted molar refractivity (Wildman–Crippen MR) is 95.6 cm³/mol. The van der Waals surface area contributed by atoms with E-state index < -0.39 is 0 Å². The van der Waals surface area contributed by atoms with Gasteiger partial charge < -0.3 is 9.47 Å². The normalized spacial score (nSPS) is 10.5. The average Bonchev–Trinajstić information content (AvgIpc) is 3.01. The number of hydrogen-bond donors (Lipinski definition) is 1. The van der Waals surface area contributed by atoms with Crippen LogP contribution < -0.4 is 14.8 Å². The SMILES string of the molecule is CCCCCc1nnc(NC(=O)c2cc(Cl)c(OC)c(OC)c2)s1. The van der Waals surface area contributed by atoms with E-state index in [2.05, 4.69) is 22.4 Å². The number of rotatable bonds is 8. The highest BCUT2D eigenvalue weighted by Crippen LogP contribution is 2.36. The van der Waals surface area contributed by atoms with E-state index in [4.69, 9.17) is 21.1 Å². The first-order chi connectivity index (χ1) is 11.6. The summed E-state index contributed by atoms with van der Waals surface area (Å²) in [6, 6.07) is 3.10. The molecule has 6 nitrogen and oxygen atoms in total. The molecule has 0 aliphatic carbocycles. The van der Waals surface area contributed by atoms with Crippen molar-refractivity contribution in [3.8, 4) is 11.5 Å². The molecule has 0 spiro atoms. The Morgan fingerprint density at radius 2 is 2.04 bits per heavy atom. The maximum atomic E-state index is 12.4. The van der Waals surface area contributed by atoms with Gasteiger partial charge in [-0.15, -0.1) is 10.2 Å². The van der Waals surface area contributed by atoms with Gasteiger partial charge in [-0.1, -0.05) is 42.7 Å². The second-order valence-electron chi connectivity index (χ2n) is 5.11. The Morgan fingerprint density at radius 3 is 2.71 bits per heavy atom. The minimum Gasteiger partial charge on any atom is -0.493 e. The standard InChI is InChI=1S/C16H20ClN3O3S/c1-4-5-6-7-13-19-20-16(24-13)18-15(21)10-8-11(17)14(23-3)12(9-10)22-2/h8-9H,4-7H2,1-3H3,(H,18,20,21). The summed E-state index contributed by atoms with van der Waals surface area (Å²) in [5.41, 5.74) is 0.361. The van der Waals surface area contributed by atoms with Gasteiger partial charge in [-0.25, -0.2) is 0 Å². The largest absolute Gasteiger partial charge is 0.493 e. The third-order valence-corrected chi connectivity index (χ3v) is 4.56. The Labute approximate surface area is 150 Å². The van der Waals surface area contributed by atoms with Crippen LogP contribution in [0.1, 0.15) is 41.6 Å². The van der Waals surface area contributed by atoms with Crippen LogP contribution in [-0.2, 0) is 6.42 Å². The molecule has 0 aliphatic rings. The maximum Gasteiger partial charge on any atom is 0.257 e. The van der Waals surface area contributed by atoms with Crippen molar-refractivity contribution >= 4 is 34.0 Å². The van der Waals surface area contributed by atoms with Gasteiger partial charge in [0.15, 0.2) is 11.5 Å². The fourth-order valence-electron chi connectivity index (χ4n) is 2.15. The molecule has 0 saturated heterocycles. The van der Waals surface area contributed by atoms with Crippen LogP contribution in [0.5, 0.6) is 11.5 Å². The van der Waals surface area contributed by atoms with E-state index in [0.29, 0.717) is 27.2 Å². The first-order valence-corrected chi connectivity index (χ1v) is 8.83. The molecule has 1 amide bonds. The summed E-state index contributed by atoms with van der Waals surface area (Å²) >= 11 is 7.51. The molecule has 1 aromatic carbocycles. The second-order valence-corrected chi connectivity index (χ2v) is 6.58. The Morgan fingerprint density at radius 1 is 1.25 bits per heavy atom. The van der Waals surface area contributed by atoms with Crippen molar-refractivity contribution in [3.63, 3.8) is 0 Å². The third-order valence-electron chi connectivity index (χ3n) is 3.38. The summed E-state index contributed by atoms with van der Waals surface area (Å²) in [5, 5.41) is 12.5. The molecule has 130 valence electrons. The molecule has 0 aliphatic heterocycles. The summed E-state index contributed by atoms with van der Waals surface area (Å²) in [6.07, 6.45) is 4.27. The number of ether oxygens (including phenoxy) is 2. The molecule has 0 atom stereocenters. The Balaban J connectivity index is 2.08. The van der Waals surface area contributed by atoms with Gasteiger partial charge in [0.05, 0.1) is 19.2 Å². The number of halogens is 1. The number of nitrogens with one attached hydrogen (secondary N) is 1.